The molecule has 2 heterocycles. The van der Waals surface area contributed by atoms with Crippen LogP contribution in [0.2, 0.25) is 0 Å². The Morgan fingerprint density at radius 2 is 1.56 bits per heavy atom. The Labute approximate surface area is 189 Å². The summed E-state index contributed by atoms with van der Waals surface area (Å²) >= 11 is 0. The lowest BCUT2D eigenvalue weighted by molar-refractivity contribution is 0.106. The van der Waals surface area contributed by atoms with Gasteiger partial charge in [-0.2, -0.15) is 0 Å². The maximum atomic E-state index is 5.57. The summed E-state index contributed by atoms with van der Waals surface area (Å²) in [5.74, 6) is 7.61. The summed E-state index contributed by atoms with van der Waals surface area (Å²) in [6.07, 6.45) is 2.61. The molecule has 4 heteroatoms. The first kappa shape index (κ1) is 20.7. The van der Waals surface area contributed by atoms with Gasteiger partial charge in [0, 0.05) is 11.1 Å². The Kier molecular flexibility index (Phi) is 5.18. The van der Waals surface area contributed by atoms with Gasteiger partial charge < -0.3 is 5.43 Å². The van der Waals surface area contributed by atoms with Crippen molar-refractivity contribution in [3.63, 3.8) is 0 Å². The van der Waals surface area contributed by atoms with Crippen molar-refractivity contribution in [3.05, 3.63) is 78.4 Å². The molecule has 1 aliphatic carbocycles. The molecule has 32 heavy (non-hydrogen) atoms. The van der Waals surface area contributed by atoms with Crippen LogP contribution in [0, 0.1) is 11.3 Å². The van der Waals surface area contributed by atoms with Crippen LogP contribution in [0.5, 0.6) is 0 Å². The van der Waals surface area contributed by atoms with E-state index < -0.39 is 0 Å². The molecule has 4 nitrogen and oxygen atoms in total. The van der Waals surface area contributed by atoms with Crippen molar-refractivity contribution in [2.45, 2.75) is 39.5 Å². The fraction of sp³-hybridized carbons (Fsp3) is 0.286. The number of fused-ring (bicyclic) bond motifs is 1. The quantitative estimate of drug-likeness (QED) is 0.281. The fourth-order valence-electron chi connectivity index (χ4n) is 5.02. The highest BCUT2D eigenvalue weighted by molar-refractivity contribution is 5.90. The summed E-state index contributed by atoms with van der Waals surface area (Å²) in [6.45, 7) is 7.09. The van der Waals surface area contributed by atoms with Crippen LogP contribution in [0.1, 0.15) is 45.1 Å². The number of pyridine rings is 2. The van der Waals surface area contributed by atoms with Crippen molar-refractivity contribution in [2.75, 3.05) is 5.43 Å². The highest BCUT2D eigenvalue weighted by atomic mass is 15.2. The van der Waals surface area contributed by atoms with E-state index in [0.29, 0.717) is 17.2 Å². The molecule has 0 aliphatic heterocycles. The van der Waals surface area contributed by atoms with Gasteiger partial charge >= 0.3 is 0 Å². The number of nitrogens with zero attached hydrogens (tertiary/aromatic N) is 2. The number of rotatable bonds is 4. The van der Waals surface area contributed by atoms with Gasteiger partial charge in [-0.3, -0.25) is 0 Å². The molecule has 0 saturated heterocycles. The first-order valence-corrected chi connectivity index (χ1v) is 11.4. The van der Waals surface area contributed by atoms with Crippen molar-refractivity contribution < 1.29 is 0 Å². The molecule has 162 valence electrons. The van der Waals surface area contributed by atoms with Crippen LogP contribution in [0.3, 0.4) is 0 Å². The molecule has 2 atom stereocenters. The lowest BCUT2D eigenvalue weighted by Crippen LogP contribution is -2.34. The van der Waals surface area contributed by atoms with Crippen molar-refractivity contribution in [3.8, 4) is 22.4 Å². The molecule has 4 aromatic rings. The number of nitrogen functional groups attached to an aromatic ring is 1. The van der Waals surface area contributed by atoms with Gasteiger partial charge in [-0.15, -0.1) is 0 Å². The third kappa shape index (κ3) is 3.76. The minimum Gasteiger partial charge on any atom is -0.308 e. The van der Waals surface area contributed by atoms with Gasteiger partial charge in [0.1, 0.15) is 5.82 Å². The molecule has 2 aromatic heterocycles. The lowest BCUT2D eigenvalue weighted by atomic mass is 9.59. The molecule has 0 bridgehead atoms. The highest BCUT2D eigenvalue weighted by Gasteiger charge is 2.39. The van der Waals surface area contributed by atoms with E-state index in [2.05, 4.69) is 85.8 Å². The van der Waals surface area contributed by atoms with Crippen LogP contribution in [0.4, 0.5) is 5.82 Å². The first-order valence-electron chi connectivity index (χ1n) is 11.4. The van der Waals surface area contributed by atoms with E-state index in [-0.39, 0.29) is 0 Å². The summed E-state index contributed by atoms with van der Waals surface area (Å²) in [4.78, 5) is 9.63. The Hall–Kier alpha value is -3.24. The standard InChI is InChI=1S/C28H30N4/c1-28(2,3)23-14-13-21(23)19-9-11-20(12-10-19)27-22(18-7-5-4-6-8-18)17-25-24(31-27)15-16-26(30-25)32-29/h4-12,15-17,21,23H,13-14,29H2,1-3H3,(H,30,32). The number of nitrogens with two attached hydrogens (primary N) is 1. The van der Waals surface area contributed by atoms with Gasteiger partial charge in [-0.1, -0.05) is 75.4 Å². The minimum atomic E-state index is 0.353. The van der Waals surface area contributed by atoms with Crippen LogP contribution in [0.15, 0.2) is 72.8 Å². The molecule has 1 aliphatic rings. The molecule has 0 spiro atoms. The van der Waals surface area contributed by atoms with E-state index in [0.717, 1.165) is 39.3 Å². The topological polar surface area (TPSA) is 63.8 Å². The molecule has 2 unspecified atom stereocenters. The Bertz CT molecular complexity index is 1240. The Morgan fingerprint density at radius 1 is 0.812 bits per heavy atom. The number of nitrogens with one attached hydrogen (secondary N) is 1. The smallest absolute Gasteiger partial charge is 0.140 e. The maximum absolute atomic E-state index is 5.57. The van der Waals surface area contributed by atoms with E-state index in [1.165, 1.54) is 18.4 Å². The third-order valence-corrected chi connectivity index (χ3v) is 6.90. The number of hydrazine groups is 1. The van der Waals surface area contributed by atoms with Crippen LogP contribution in [-0.4, -0.2) is 9.97 Å². The number of hydrogen-bond donors (Lipinski definition) is 2. The van der Waals surface area contributed by atoms with E-state index in [1.807, 2.05) is 18.2 Å². The van der Waals surface area contributed by atoms with Crippen LogP contribution < -0.4 is 11.3 Å². The predicted molar refractivity (Wildman–Crippen MR) is 133 cm³/mol. The van der Waals surface area contributed by atoms with Gasteiger partial charge in [0.25, 0.3) is 0 Å². The molecule has 1 fully saturated rings. The molecule has 3 N–H and O–H groups in total. The van der Waals surface area contributed by atoms with Gasteiger partial charge in [0.15, 0.2) is 0 Å². The minimum absolute atomic E-state index is 0.353. The largest absolute Gasteiger partial charge is 0.308 e. The van der Waals surface area contributed by atoms with Gasteiger partial charge in [-0.25, -0.2) is 15.8 Å². The number of anilines is 1. The molecular weight excluding hydrogens is 392 g/mol. The summed E-state index contributed by atoms with van der Waals surface area (Å²) in [5, 5.41) is 0. The van der Waals surface area contributed by atoms with Crippen LogP contribution in [0.25, 0.3) is 33.4 Å². The summed E-state index contributed by atoms with van der Waals surface area (Å²) in [7, 11) is 0. The summed E-state index contributed by atoms with van der Waals surface area (Å²) in [6, 6.07) is 25.4. The normalized spacial score (nSPS) is 18.4. The zero-order valence-electron chi connectivity index (χ0n) is 19.0. The molecule has 0 radical (unpaired) electrons. The lowest BCUT2D eigenvalue weighted by Gasteiger charge is -2.45. The average Bonchev–Trinajstić information content (AvgIpc) is 2.77. The van der Waals surface area contributed by atoms with E-state index in [9.17, 15) is 0 Å². The third-order valence-electron chi connectivity index (χ3n) is 6.90. The molecular formula is C28H30N4. The zero-order chi connectivity index (χ0) is 22.3. The van der Waals surface area contributed by atoms with Gasteiger partial charge in [0.05, 0.1) is 16.7 Å². The van der Waals surface area contributed by atoms with Crippen LogP contribution >= 0.6 is 0 Å². The van der Waals surface area contributed by atoms with E-state index in [1.54, 1.807) is 0 Å². The summed E-state index contributed by atoms with van der Waals surface area (Å²) < 4.78 is 0. The first-order chi connectivity index (χ1) is 15.4. The Balaban J connectivity index is 1.58. The fourth-order valence-corrected chi connectivity index (χ4v) is 5.02. The molecule has 2 aromatic carbocycles. The number of benzene rings is 2. The van der Waals surface area contributed by atoms with Crippen molar-refractivity contribution >= 4 is 16.9 Å². The van der Waals surface area contributed by atoms with E-state index in [4.69, 9.17) is 10.8 Å². The van der Waals surface area contributed by atoms with Crippen LogP contribution in [-0.2, 0) is 0 Å². The van der Waals surface area contributed by atoms with Crippen molar-refractivity contribution in [1.82, 2.24) is 9.97 Å². The van der Waals surface area contributed by atoms with E-state index >= 15 is 0 Å². The zero-order valence-corrected chi connectivity index (χ0v) is 19.0. The van der Waals surface area contributed by atoms with Gasteiger partial charge in [0.2, 0.25) is 0 Å². The second kappa shape index (κ2) is 8.03. The summed E-state index contributed by atoms with van der Waals surface area (Å²) in [5.41, 5.74) is 10.4. The highest BCUT2D eigenvalue weighted by Crippen LogP contribution is 2.51. The van der Waals surface area contributed by atoms with Crippen molar-refractivity contribution in [2.24, 2.45) is 17.2 Å². The van der Waals surface area contributed by atoms with Crippen molar-refractivity contribution in [1.29, 1.82) is 0 Å². The molecule has 1 saturated carbocycles. The monoisotopic (exact) mass is 422 g/mol. The second-order valence-corrected chi connectivity index (χ2v) is 9.91. The Morgan fingerprint density at radius 3 is 2.19 bits per heavy atom. The molecule has 0 amide bonds. The molecule has 5 rings (SSSR count). The van der Waals surface area contributed by atoms with Gasteiger partial charge in [-0.05, 0) is 59.4 Å². The predicted octanol–water partition coefficient (Wildman–Crippen LogP) is 6.79. The average molecular weight is 423 g/mol. The second-order valence-electron chi connectivity index (χ2n) is 9.91. The SMILES string of the molecule is CC(C)(C)C1CCC1c1ccc(-c2nc3ccc(NN)nc3cc2-c2ccccc2)cc1. The number of aromatic nitrogens is 2. The maximum Gasteiger partial charge on any atom is 0.140 e. The number of hydrogen-bond acceptors (Lipinski definition) is 4.